The number of benzene rings is 2. The normalized spacial score (nSPS) is 10.2. The number of rotatable bonds is 5. The van der Waals surface area contributed by atoms with Crippen LogP contribution in [-0.2, 0) is 6.54 Å². The van der Waals surface area contributed by atoms with Crippen molar-refractivity contribution >= 4 is 5.91 Å². The van der Waals surface area contributed by atoms with Gasteiger partial charge in [-0.2, -0.15) is 0 Å². The second-order valence-electron chi connectivity index (χ2n) is 5.15. The summed E-state index contributed by atoms with van der Waals surface area (Å²) >= 11 is 0. The number of nitrogens with one attached hydrogen (secondary N) is 1. The lowest BCUT2D eigenvalue weighted by Gasteiger charge is -2.14. The third-order valence-electron chi connectivity index (χ3n) is 3.57. The maximum Gasteiger partial charge on any atom is 0.255 e. The molecule has 1 N–H and O–H groups in total. The molecule has 0 fully saturated rings. The number of carbonyl (C=O) groups is 1. The van der Waals surface area contributed by atoms with Crippen LogP contribution in [0.15, 0.2) is 36.4 Å². The lowest BCUT2D eigenvalue weighted by atomic mass is 10.0. The average Bonchev–Trinajstić information content (AvgIpc) is 2.52. The van der Waals surface area contributed by atoms with Crippen LogP contribution in [0.2, 0.25) is 0 Å². The first-order chi connectivity index (χ1) is 10.6. The van der Waals surface area contributed by atoms with E-state index in [0.29, 0.717) is 17.9 Å². The zero-order valence-electron chi connectivity index (χ0n) is 13.4. The summed E-state index contributed by atoms with van der Waals surface area (Å²) < 4.78 is 10.6. The second kappa shape index (κ2) is 6.98. The van der Waals surface area contributed by atoms with E-state index in [1.807, 2.05) is 32.0 Å². The average molecular weight is 299 g/mol. The van der Waals surface area contributed by atoms with Crippen LogP contribution in [0, 0.1) is 13.8 Å². The van der Waals surface area contributed by atoms with Crippen molar-refractivity contribution in [1.29, 1.82) is 0 Å². The minimum atomic E-state index is -0.167. The number of carbonyl (C=O) groups excluding carboxylic acids is 1. The molecular formula is C18H21NO3. The fraction of sp³-hybridized carbons (Fsp3) is 0.278. The minimum absolute atomic E-state index is 0.167. The molecule has 0 unspecified atom stereocenters. The summed E-state index contributed by atoms with van der Waals surface area (Å²) in [7, 11) is 3.19. The molecule has 0 aliphatic carbocycles. The molecule has 2 rings (SSSR count). The highest BCUT2D eigenvalue weighted by molar-refractivity contribution is 5.96. The van der Waals surface area contributed by atoms with Crippen molar-refractivity contribution in [3.63, 3.8) is 0 Å². The van der Waals surface area contributed by atoms with Gasteiger partial charge in [0.2, 0.25) is 0 Å². The van der Waals surface area contributed by atoms with E-state index in [-0.39, 0.29) is 5.91 Å². The van der Waals surface area contributed by atoms with E-state index in [4.69, 9.17) is 9.47 Å². The fourth-order valence-corrected chi connectivity index (χ4v) is 2.46. The molecule has 0 aliphatic rings. The Morgan fingerprint density at radius 2 is 1.73 bits per heavy atom. The van der Waals surface area contributed by atoms with E-state index in [1.165, 1.54) is 0 Å². The molecular weight excluding hydrogens is 278 g/mol. The smallest absolute Gasteiger partial charge is 0.255 e. The van der Waals surface area contributed by atoms with Crippen LogP contribution in [0.3, 0.4) is 0 Å². The lowest BCUT2D eigenvalue weighted by Crippen LogP contribution is -2.24. The largest absolute Gasteiger partial charge is 0.496 e. The van der Waals surface area contributed by atoms with Crippen molar-refractivity contribution in [3.05, 3.63) is 58.7 Å². The monoisotopic (exact) mass is 299 g/mol. The summed E-state index contributed by atoms with van der Waals surface area (Å²) in [6.45, 7) is 4.44. The van der Waals surface area contributed by atoms with Crippen LogP contribution in [0.5, 0.6) is 11.5 Å². The van der Waals surface area contributed by atoms with Crippen molar-refractivity contribution in [1.82, 2.24) is 5.32 Å². The van der Waals surface area contributed by atoms with Gasteiger partial charge in [-0.3, -0.25) is 4.79 Å². The van der Waals surface area contributed by atoms with Crippen LogP contribution in [0.4, 0.5) is 0 Å². The van der Waals surface area contributed by atoms with Gasteiger partial charge in [0.15, 0.2) is 0 Å². The number of methoxy groups -OCH3 is 2. The maximum absolute atomic E-state index is 12.3. The molecule has 0 radical (unpaired) electrons. The van der Waals surface area contributed by atoms with Gasteiger partial charge in [-0.15, -0.1) is 0 Å². The van der Waals surface area contributed by atoms with Gasteiger partial charge in [0, 0.05) is 12.1 Å². The number of aryl methyl sites for hydroxylation is 2. The van der Waals surface area contributed by atoms with Gasteiger partial charge >= 0.3 is 0 Å². The third-order valence-corrected chi connectivity index (χ3v) is 3.57. The van der Waals surface area contributed by atoms with Gasteiger partial charge < -0.3 is 14.8 Å². The van der Waals surface area contributed by atoms with Crippen LogP contribution in [0.1, 0.15) is 27.0 Å². The molecule has 0 aliphatic heterocycles. The van der Waals surface area contributed by atoms with Gasteiger partial charge in [0.05, 0.1) is 19.8 Å². The van der Waals surface area contributed by atoms with E-state index in [2.05, 4.69) is 11.4 Å². The summed E-state index contributed by atoms with van der Waals surface area (Å²) in [6.07, 6.45) is 0. The van der Waals surface area contributed by atoms with Crippen molar-refractivity contribution in [2.24, 2.45) is 0 Å². The Balaban J connectivity index is 2.18. The standard InChI is InChI=1S/C18H21NO3/c1-12-9-13(2)15(17(10-12)22-4)11-19-18(20)14-7-5-6-8-16(14)21-3/h5-10H,11H2,1-4H3,(H,19,20). The molecule has 2 aromatic carbocycles. The van der Waals surface area contributed by atoms with E-state index in [9.17, 15) is 4.79 Å². The zero-order chi connectivity index (χ0) is 16.1. The summed E-state index contributed by atoms with van der Waals surface area (Å²) in [5.41, 5.74) is 3.73. The highest BCUT2D eigenvalue weighted by atomic mass is 16.5. The molecule has 0 aromatic heterocycles. The highest BCUT2D eigenvalue weighted by Gasteiger charge is 2.13. The second-order valence-corrected chi connectivity index (χ2v) is 5.15. The fourth-order valence-electron chi connectivity index (χ4n) is 2.46. The zero-order valence-corrected chi connectivity index (χ0v) is 13.4. The Morgan fingerprint density at radius 3 is 2.41 bits per heavy atom. The number of ether oxygens (including phenoxy) is 2. The van der Waals surface area contributed by atoms with Gasteiger partial charge in [0.1, 0.15) is 11.5 Å². The summed E-state index contributed by atoms with van der Waals surface area (Å²) in [5.74, 6) is 1.19. The van der Waals surface area contributed by atoms with Crippen LogP contribution in [-0.4, -0.2) is 20.1 Å². The minimum Gasteiger partial charge on any atom is -0.496 e. The molecule has 0 spiro atoms. The Kier molecular flexibility index (Phi) is 5.04. The van der Waals surface area contributed by atoms with Crippen molar-refractivity contribution in [3.8, 4) is 11.5 Å². The van der Waals surface area contributed by atoms with E-state index < -0.39 is 0 Å². The molecule has 0 saturated carbocycles. The summed E-state index contributed by atoms with van der Waals surface area (Å²) in [6, 6.07) is 11.2. The topological polar surface area (TPSA) is 47.6 Å². The number of hydrogen-bond donors (Lipinski definition) is 1. The van der Waals surface area contributed by atoms with Crippen molar-refractivity contribution < 1.29 is 14.3 Å². The molecule has 2 aromatic rings. The van der Waals surface area contributed by atoms with Crippen molar-refractivity contribution in [2.75, 3.05) is 14.2 Å². The number of amides is 1. The van der Waals surface area contributed by atoms with Crippen LogP contribution in [0.25, 0.3) is 0 Å². The van der Waals surface area contributed by atoms with Crippen molar-refractivity contribution in [2.45, 2.75) is 20.4 Å². The molecule has 0 saturated heterocycles. The first kappa shape index (κ1) is 15.9. The molecule has 116 valence electrons. The van der Waals surface area contributed by atoms with Crippen LogP contribution >= 0.6 is 0 Å². The Hall–Kier alpha value is -2.49. The maximum atomic E-state index is 12.3. The molecule has 1 amide bonds. The molecule has 0 atom stereocenters. The summed E-state index contributed by atoms with van der Waals surface area (Å²) in [4.78, 5) is 12.3. The molecule has 4 heteroatoms. The van der Waals surface area contributed by atoms with E-state index in [0.717, 1.165) is 22.4 Å². The first-order valence-electron chi connectivity index (χ1n) is 7.12. The Morgan fingerprint density at radius 1 is 1.05 bits per heavy atom. The summed E-state index contributed by atoms with van der Waals surface area (Å²) in [5, 5.41) is 2.93. The predicted octanol–water partition coefficient (Wildman–Crippen LogP) is 3.25. The number of para-hydroxylation sites is 1. The third kappa shape index (κ3) is 3.39. The molecule has 0 heterocycles. The Bertz CT molecular complexity index is 680. The molecule has 22 heavy (non-hydrogen) atoms. The first-order valence-corrected chi connectivity index (χ1v) is 7.12. The van der Waals surface area contributed by atoms with E-state index >= 15 is 0 Å². The quantitative estimate of drug-likeness (QED) is 0.922. The predicted molar refractivity (Wildman–Crippen MR) is 86.6 cm³/mol. The van der Waals surface area contributed by atoms with Gasteiger partial charge in [-0.1, -0.05) is 18.2 Å². The van der Waals surface area contributed by atoms with Crippen LogP contribution < -0.4 is 14.8 Å². The van der Waals surface area contributed by atoms with E-state index in [1.54, 1.807) is 26.4 Å². The molecule has 4 nitrogen and oxygen atoms in total. The highest BCUT2D eigenvalue weighted by Crippen LogP contribution is 2.24. The van der Waals surface area contributed by atoms with Gasteiger partial charge in [-0.25, -0.2) is 0 Å². The van der Waals surface area contributed by atoms with Gasteiger partial charge in [0.25, 0.3) is 5.91 Å². The lowest BCUT2D eigenvalue weighted by molar-refractivity contribution is 0.0947. The molecule has 0 bridgehead atoms. The Labute approximate surface area is 131 Å². The van der Waals surface area contributed by atoms with Gasteiger partial charge in [-0.05, 0) is 43.2 Å². The SMILES string of the molecule is COc1ccccc1C(=O)NCc1c(C)cc(C)cc1OC. The number of hydrogen-bond acceptors (Lipinski definition) is 3.